The highest BCUT2D eigenvalue weighted by molar-refractivity contribution is 7.90. The summed E-state index contributed by atoms with van der Waals surface area (Å²) in [5.41, 5.74) is 5.45. The number of rotatable bonds is 6. The first kappa shape index (κ1) is 26.4. The average molecular weight is 543 g/mol. The molecule has 2 N–H and O–H groups in total. The average Bonchev–Trinajstić information content (AvgIpc) is 3.48. The van der Waals surface area contributed by atoms with Gasteiger partial charge in [-0.25, -0.2) is 17.4 Å². The molecule has 3 heterocycles. The molecule has 2 aliphatic rings. The van der Waals surface area contributed by atoms with E-state index in [0.717, 1.165) is 42.3 Å². The lowest BCUT2D eigenvalue weighted by Crippen LogP contribution is -2.46. The number of hydrogen-bond acceptors (Lipinski definition) is 7. The Morgan fingerprint density at radius 1 is 1.11 bits per heavy atom. The number of hydrazine groups is 1. The van der Waals surface area contributed by atoms with Crippen molar-refractivity contribution >= 4 is 35.1 Å². The van der Waals surface area contributed by atoms with E-state index in [0.29, 0.717) is 12.2 Å². The van der Waals surface area contributed by atoms with Crippen LogP contribution in [0.15, 0.2) is 53.7 Å². The van der Waals surface area contributed by atoms with Crippen molar-refractivity contribution in [3.05, 3.63) is 54.4 Å². The third-order valence-corrected chi connectivity index (χ3v) is 14.6. The van der Waals surface area contributed by atoms with Crippen LogP contribution in [0.1, 0.15) is 52.0 Å². The van der Waals surface area contributed by atoms with Crippen LogP contribution in [-0.2, 0) is 21.0 Å². The Morgan fingerprint density at radius 2 is 1.78 bits per heavy atom. The summed E-state index contributed by atoms with van der Waals surface area (Å²) in [4.78, 5) is 4.70. The van der Waals surface area contributed by atoms with Gasteiger partial charge in [0, 0.05) is 35.7 Å². The van der Waals surface area contributed by atoms with Crippen molar-refractivity contribution in [1.82, 2.24) is 14.0 Å². The number of hydrogen-bond donors (Lipinski definition) is 2. The molecule has 1 aromatic carbocycles. The lowest BCUT2D eigenvalue weighted by atomic mass is 9.86. The lowest BCUT2D eigenvalue weighted by molar-refractivity contribution is -0.0476. The fourth-order valence-electron chi connectivity index (χ4n) is 5.16. The zero-order valence-corrected chi connectivity index (χ0v) is 24.1. The van der Waals surface area contributed by atoms with Crippen molar-refractivity contribution in [2.75, 3.05) is 5.43 Å². The molecular formula is C27H38N4O4SSi. The minimum Gasteiger partial charge on any atom is -0.414 e. The molecule has 0 spiro atoms. The first-order valence-electron chi connectivity index (χ1n) is 13.1. The monoisotopic (exact) mass is 542 g/mol. The van der Waals surface area contributed by atoms with Crippen LogP contribution in [0.2, 0.25) is 18.1 Å². The highest BCUT2D eigenvalue weighted by Gasteiger charge is 2.41. The fraction of sp³-hybridized carbons (Fsp3) is 0.519. The van der Waals surface area contributed by atoms with Crippen LogP contribution < -0.4 is 5.43 Å². The molecule has 1 fully saturated rings. The molecule has 37 heavy (non-hydrogen) atoms. The first-order valence-corrected chi connectivity index (χ1v) is 17.4. The van der Waals surface area contributed by atoms with Gasteiger partial charge in [0.15, 0.2) is 14.0 Å². The van der Waals surface area contributed by atoms with Crippen molar-refractivity contribution in [1.29, 1.82) is 0 Å². The van der Waals surface area contributed by atoms with Crippen molar-refractivity contribution in [3.8, 4) is 0 Å². The maximum atomic E-state index is 13.2. The highest BCUT2D eigenvalue weighted by atomic mass is 32.2. The van der Waals surface area contributed by atoms with E-state index in [9.17, 15) is 13.5 Å². The molecule has 8 nitrogen and oxygen atoms in total. The summed E-state index contributed by atoms with van der Waals surface area (Å²) in [6.07, 6.45) is 6.58. The Kier molecular flexibility index (Phi) is 6.77. The second-order valence-electron chi connectivity index (χ2n) is 11.9. The van der Waals surface area contributed by atoms with Gasteiger partial charge in [-0.15, -0.1) is 0 Å². The molecule has 5 rings (SSSR count). The van der Waals surface area contributed by atoms with E-state index in [1.807, 2.05) is 5.01 Å². The minimum absolute atomic E-state index is 0.146. The number of aliphatic hydroxyl groups excluding tert-OH is 1. The normalized spacial score (nSPS) is 22.1. The number of pyridine rings is 1. The number of aromatic nitrogens is 2. The topological polar surface area (TPSA) is 96.7 Å². The van der Waals surface area contributed by atoms with E-state index in [4.69, 9.17) is 4.43 Å². The summed E-state index contributed by atoms with van der Waals surface area (Å²) in [7, 11) is -5.56. The van der Waals surface area contributed by atoms with Crippen LogP contribution in [-0.4, -0.2) is 48.1 Å². The van der Waals surface area contributed by atoms with Crippen molar-refractivity contribution in [2.45, 2.75) is 88.4 Å². The van der Waals surface area contributed by atoms with Crippen LogP contribution in [0.25, 0.3) is 11.0 Å². The Bertz CT molecular complexity index is 1380. The number of aliphatic hydroxyl groups is 1. The van der Waals surface area contributed by atoms with E-state index in [2.05, 4.69) is 44.3 Å². The van der Waals surface area contributed by atoms with Crippen LogP contribution in [0.5, 0.6) is 0 Å². The van der Waals surface area contributed by atoms with E-state index < -0.39 is 24.6 Å². The van der Waals surface area contributed by atoms with Crippen molar-refractivity contribution in [3.63, 3.8) is 0 Å². The maximum Gasteiger partial charge on any atom is 0.269 e. The van der Waals surface area contributed by atoms with Gasteiger partial charge in [-0.2, -0.15) is 5.01 Å². The quantitative estimate of drug-likeness (QED) is 0.407. The third-order valence-electron chi connectivity index (χ3n) is 8.41. The number of anilines is 1. The Balaban J connectivity index is 1.28. The predicted molar refractivity (Wildman–Crippen MR) is 148 cm³/mol. The smallest absolute Gasteiger partial charge is 0.269 e. The van der Waals surface area contributed by atoms with Gasteiger partial charge in [0.25, 0.3) is 10.0 Å². The molecule has 3 aromatic rings. The van der Waals surface area contributed by atoms with Gasteiger partial charge in [0.05, 0.1) is 16.8 Å². The Hall–Kier alpha value is -2.24. The van der Waals surface area contributed by atoms with Crippen molar-refractivity contribution < 1.29 is 18.0 Å². The molecule has 0 amide bonds. The van der Waals surface area contributed by atoms with E-state index in [1.54, 1.807) is 48.8 Å². The first-order chi connectivity index (χ1) is 17.4. The molecule has 0 bridgehead atoms. The number of nitrogens with zero attached hydrogens (tertiary/aromatic N) is 3. The standard InChI is InChI=1S/C27H38N4O4SSi/c1-27(2,3)37(4,5)35-20-13-11-19(12-14-20)26(32)30-18-23-22-15-16-31(25(22)28-17-24(23)29-30)36(33,34)21-9-7-6-8-10-21/h6-10,15-17,19-20,26,29,32H,11-14,18H2,1-5H3. The summed E-state index contributed by atoms with van der Waals surface area (Å²) >= 11 is 0. The summed E-state index contributed by atoms with van der Waals surface area (Å²) in [6, 6.07) is 10.2. The zero-order chi connectivity index (χ0) is 26.6. The molecule has 10 heteroatoms. The van der Waals surface area contributed by atoms with Gasteiger partial charge in [-0.1, -0.05) is 39.0 Å². The summed E-state index contributed by atoms with van der Waals surface area (Å²) in [5.74, 6) is 0.146. The summed E-state index contributed by atoms with van der Waals surface area (Å²) in [6.45, 7) is 11.9. The second kappa shape index (κ2) is 9.50. The molecule has 1 unspecified atom stereocenters. The molecular weight excluding hydrogens is 504 g/mol. The molecule has 1 atom stereocenters. The Labute approximate surface area is 220 Å². The van der Waals surface area contributed by atoms with E-state index >= 15 is 0 Å². The van der Waals surface area contributed by atoms with Gasteiger partial charge in [-0.05, 0) is 62.0 Å². The Morgan fingerprint density at radius 3 is 2.43 bits per heavy atom. The largest absolute Gasteiger partial charge is 0.414 e. The predicted octanol–water partition coefficient (Wildman–Crippen LogP) is 5.31. The van der Waals surface area contributed by atoms with Gasteiger partial charge < -0.3 is 15.0 Å². The lowest BCUT2D eigenvalue weighted by Gasteiger charge is -2.42. The third kappa shape index (κ3) is 4.85. The second-order valence-corrected chi connectivity index (χ2v) is 18.5. The number of benzene rings is 1. The minimum atomic E-state index is -3.75. The molecule has 200 valence electrons. The van der Waals surface area contributed by atoms with Gasteiger partial charge in [0.1, 0.15) is 6.23 Å². The molecule has 0 saturated heterocycles. The molecule has 0 radical (unpaired) electrons. The van der Waals surface area contributed by atoms with E-state index in [1.165, 1.54) is 3.97 Å². The fourth-order valence-corrected chi connectivity index (χ4v) is 7.91. The number of nitrogens with one attached hydrogen (secondary N) is 1. The SMILES string of the molecule is CC(C)(C)[Si](C)(C)OC1CCC(C(O)N2Cc3c(cnc4c3ccn4S(=O)(=O)c3ccccc3)N2)CC1. The van der Waals surface area contributed by atoms with E-state index in [-0.39, 0.29) is 22.0 Å². The van der Waals surface area contributed by atoms with Crippen LogP contribution >= 0.6 is 0 Å². The maximum absolute atomic E-state index is 13.2. The molecule has 1 saturated carbocycles. The molecule has 2 aromatic heterocycles. The zero-order valence-electron chi connectivity index (χ0n) is 22.3. The van der Waals surface area contributed by atoms with Crippen LogP contribution in [0.3, 0.4) is 0 Å². The van der Waals surface area contributed by atoms with Crippen LogP contribution in [0.4, 0.5) is 5.69 Å². The highest BCUT2D eigenvalue weighted by Crippen LogP contribution is 2.41. The van der Waals surface area contributed by atoms with Gasteiger partial charge >= 0.3 is 0 Å². The van der Waals surface area contributed by atoms with Gasteiger partial charge in [0.2, 0.25) is 0 Å². The van der Waals surface area contributed by atoms with Crippen molar-refractivity contribution in [2.24, 2.45) is 5.92 Å². The molecule has 1 aliphatic heterocycles. The number of fused-ring (bicyclic) bond motifs is 3. The van der Waals surface area contributed by atoms with Crippen LogP contribution in [0, 0.1) is 5.92 Å². The molecule has 1 aliphatic carbocycles. The summed E-state index contributed by atoms with van der Waals surface area (Å²) < 4.78 is 34.3. The summed E-state index contributed by atoms with van der Waals surface area (Å²) in [5, 5.41) is 14.1. The van der Waals surface area contributed by atoms with Gasteiger partial charge in [-0.3, -0.25) is 0 Å².